The van der Waals surface area contributed by atoms with Crippen LogP contribution in [-0.4, -0.2) is 48.3 Å². The van der Waals surface area contributed by atoms with Crippen molar-refractivity contribution >= 4 is 11.8 Å². The summed E-state index contributed by atoms with van der Waals surface area (Å²) in [7, 11) is 1.49. The van der Waals surface area contributed by atoms with Gasteiger partial charge < -0.3 is 29.8 Å². The van der Waals surface area contributed by atoms with Gasteiger partial charge in [0.2, 0.25) is 0 Å². The average molecular weight is 577 g/mol. The third kappa shape index (κ3) is 6.91. The van der Waals surface area contributed by atoms with Crippen molar-refractivity contribution in [3.05, 3.63) is 70.9 Å². The second-order valence-corrected chi connectivity index (χ2v) is 11.3. The Morgan fingerprint density at radius 1 is 1.17 bits per heavy atom. The number of ketones is 1. The fourth-order valence-corrected chi connectivity index (χ4v) is 4.72. The fourth-order valence-electron chi connectivity index (χ4n) is 4.72. The third-order valence-electron chi connectivity index (χ3n) is 7.40. The van der Waals surface area contributed by atoms with E-state index < -0.39 is 17.2 Å². The highest BCUT2D eigenvalue weighted by Crippen LogP contribution is 2.44. The maximum Gasteiger partial charge on any atom is 0.305 e. The van der Waals surface area contributed by atoms with Crippen LogP contribution in [0, 0.1) is 6.92 Å². The number of ether oxygens (including phenoxy) is 4. The first-order chi connectivity index (χ1) is 19.8. The summed E-state index contributed by atoms with van der Waals surface area (Å²) in [6.45, 7) is 9.46. The van der Waals surface area contributed by atoms with Crippen LogP contribution < -0.4 is 19.9 Å². The van der Waals surface area contributed by atoms with Crippen LogP contribution >= 0.6 is 0 Å². The molecule has 9 heteroatoms. The minimum atomic E-state index is -1.41. The SMILES string of the molecule is CCC(=O)OC(C)COc1ccc(C(=O)CCC(C)(O)c2cc3c(c(-c4ccc(C)cc4)n2)OCC3(C)N)cc1OC. The number of hydrogen-bond acceptors (Lipinski definition) is 9. The Labute approximate surface area is 247 Å². The lowest BCUT2D eigenvalue weighted by Crippen LogP contribution is -2.35. The van der Waals surface area contributed by atoms with E-state index in [-0.39, 0.29) is 37.6 Å². The van der Waals surface area contributed by atoms with E-state index in [9.17, 15) is 14.7 Å². The molecular weight excluding hydrogens is 536 g/mol. The molecule has 2 aromatic carbocycles. The van der Waals surface area contributed by atoms with E-state index in [2.05, 4.69) is 0 Å². The largest absolute Gasteiger partial charge is 0.493 e. The van der Waals surface area contributed by atoms with Gasteiger partial charge in [-0.25, -0.2) is 4.98 Å². The number of pyridine rings is 1. The van der Waals surface area contributed by atoms with Gasteiger partial charge in [-0.1, -0.05) is 36.8 Å². The third-order valence-corrected chi connectivity index (χ3v) is 7.40. The number of esters is 1. The summed E-state index contributed by atoms with van der Waals surface area (Å²) >= 11 is 0. The first kappa shape index (κ1) is 31.0. The lowest BCUT2D eigenvalue weighted by molar-refractivity contribution is -0.149. The minimum absolute atomic E-state index is 0.0649. The Morgan fingerprint density at radius 2 is 1.88 bits per heavy atom. The van der Waals surface area contributed by atoms with E-state index in [4.69, 9.17) is 29.7 Å². The van der Waals surface area contributed by atoms with Crippen LogP contribution in [0.4, 0.5) is 0 Å². The Hall–Kier alpha value is -3.95. The van der Waals surface area contributed by atoms with Crippen molar-refractivity contribution in [3.63, 3.8) is 0 Å². The molecule has 0 aliphatic carbocycles. The van der Waals surface area contributed by atoms with Crippen LogP contribution in [0.2, 0.25) is 0 Å². The summed E-state index contributed by atoms with van der Waals surface area (Å²) in [4.78, 5) is 29.5. The molecule has 0 fully saturated rings. The van der Waals surface area contributed by atoms with Gasteiger partial charge >= 0.3 is 5.97 Å². The van der Waals surface area contributed by atoms with E-state index in [1.807, 2.05) is 38.1 Å². The molecule has 0 saturated heterocycles. The maximum absolute atomic E-state index is 13.2. The molecule has 0 radical (unpaired) electrons. The second kappa shape index (κ2) is 12.5. The lowest BCUT2D eigenvalue weighted by Gasteiger charge is -2.25. The minimum Gasteiger partial charge on any atom is -0.493 e. The summed E-state index contributed by atoms with van der Waals surface area (Å²) in [5.74, 6) is 0.955. The number of carbonyl (C=O) groups is 2. The molecule has 0 bridgehead atoms. The zero-order valence-electron chi connectivity index (χ0n) is 25.2. The molecule has 1 aliphatic heterocycles. The summed E-state index contributed by atoms with van der Waals surface area (Å²) in [5.41, 5.74) is 8.59. The van der Waals surface area contributed by atoms with Gasteiger partial charge in [-0.05, 0) is 58.4 Å². The van der Waals surface area contributed by atoms with E-state index in [1.54, 1.807) is 45.0 Å². The number of methoxy groups -OCH3 is 1. The molecule has 3 unspecified atom stereocenters. The zero-order valence-corrected chi connectivity index (χ0v) is 25.2. The number of aliphatic hydroxyl groups is 1. The zero-order chi connectivity index (χ0) is 30.7. The Morgan fingerprint density at radius 3 is 2.55 bits per heavy atom. The normalized spacial score (nSPS) is 17.9. The van der Waals surface area contributed by atoms with Gasteiger partial charge in [0.25, 0.3) is 0 Å². The van der Waals surface area contributed by atoms with Gasteiger partial charge in [0.1, 0.15) is 30.6 Å². The average Bonchev–Trinajstić information content (AvgIpc) is 3.28. The van der Waals surface area contributed by atoms with Crippen molar-refractivity contribution in [2.75, 3.05) is 20.3 Å². The number of Topliss-reactive ketones (excluding diaryl/α,β-unsaturated/α-hetero) is 1. The number of rotatable bonds is 12. The highest BCUT2D eigenvalue weighted by molar-refractivity contribution is 5.96. The molecule has 0 amide bonds. The van der Waals surface area contributed by atoms with Gasteiger partial charge in [0.05, 0.1) is 18.3 Å². The monoisotopic (exact) mass is 576 g/mol. The van der Waals surface area contributed by atoms with Gasteiger partial charge in [-0.3, -0.25) is 9.59 Å². The van der Waals surface area contributed by atoms with Gasteiger partial charge in [0.15, 0.2) is 23.0 Å². The molecule has 224 valence electrons. The first-order valence-corrected chi connectivity index (χ1v) is 14.1. The lowest BCUT2D eigenvalue weighted by atomic mass is 9.88. The van der Waals surface area contributed by atoms with Crippen LogP contribution in [0.25, 0.3) is 11.3 Å². The van der Waals surface area contributed by atoms with Crippen molar-refractivity contribution in [1.82, 2.24) is 4.98 Å². The molecule has 9 nitrogen and oxygen atoms in total. The molecule has 42 heavy (non-hydrogen) atoms. The van der Waals surface area contributed by atoms with E-state index in [1.165, 1.54) is 7.11 Å². The van der Waals surface area contributed by atoms with E-state index >= 15 is 0 Å². The predicted octanol–water partition coefficient (Wildman–Crippen LogP) is 5.22. The van der Waals surface area contributed by atoms with Crippen molar-refractivity contribution in [3.8, 4) is 28.5 Å². The molecule has 2 heterocycles. The topological polar surface area (TPSA) is 130 Å². The molecule has 0 saturated carbocycles. The van der Waals surface area contributed by atoms with Crippen LogP contribution in [0.3, 0.4) is 0 Å². The van der Waals surface area contributed by atoms with Gasteiger partial charge in [0, 0.05) is 29.5 Å². The summed E-state index contributed by atoms with van der Waals surface area (Å²) in [6, 6.07) is 14.6. The Bertz CT molecular complexity index is 1450. The quantitative estimate of drug-likeness (QED) is 0.220. The highest BCUT2D eigenvalue weighted by Gasteiger charge is 2.38. The van der Waals surface area contributed by atoms with E-state index in [0.29, 0.717) is 40.8 Å². The van der Waals surface area contributed by atoms with Crippen molar-refractivity contribution in [2.24, 2.45) is 5.73 Å². The molecule has 1 aliphatic rings. The molecule has 1 aromatic heterocycles. The molecule has 3 N–H and O–H groups in total. The number of aromatic nitrogens is 1. The standard InChI is InChI=1S/C33H40N2O7/c1-7-29(37)42-21(3)18-40-26-13-12-23(16-27(26)39-6)25(36)14-15-33(5,38)28-17-24-31(41-19-32(24,4)34)30(35-28)22-10-8-20(2)9-11-22/h8-13,16-17,21,38H,7,14-15,18-19,34H2,1-6H3. The second-order valence-electron chi connectivity index (χ2n) is 11.3. The summed E-state index contributed by atoms with van der Waals surface area (Å²) in [6.07, 6.45) is 0.0478. The number of nitrogens with two attached hydrogens (primary N) is 1. The molecular formula is C33H40N2O7. The van der Waals surface area contributed by atoms with Crippen molar-refractivity contribution < 1.29 is 33.6 Å². The van der Waals surface area contributed by atoms with Crippen LogP contribution in [0.5, 0.6) is 17.2 Å². The first-order valence-electron chi connectivity index (χ1n) is 14.1. The van der Waals surface area contributed by atoms with Crippen LogP contribution in [0.15, 0.2) is 48.5 Å². The van der Waals surface area contributed by atoms with Crippen molar-refractivity contribution in [1.29, 1.82) is 0 Å². The molecule has 3 atom stereocenters. The van der Waals surface area contributed by atoms with Gasteiger partial charge in [-0.15, -0.1) is 0 Å². The fraction of sp³-hybridized carbons (Fsp3) is 0.424. The highest BCUT2D eigenvalue weighted by atomic mass is 16.6. The Kier molecular flexibility index (Phi) is 9.23. The Balaban J connectivity index is 1.51. The summed E-state index contributed by atoms with van der Waals surface area (Å²) in [5, 5.41) is 11.6. The number of fused-ring (bicyclic) bond motifs is 1. The number of hydrogen-bond donors (Lipinski definition) is 2. The smallest absolute Gasteiger partial charge is 0.305 e. The van der Waals surface area contributed by atoms with Crippen LogP contribution in [-0.2, 0) is 20.7 Å². The maximum atomic E-state index is 13.2. The number of benzene rings is 2. The molecule has 4 rings (SSSR count). The van der Waals surface area contributed by atoms with E-state index in [0.717, 1.165) is 16.7 Å². The van der Waals surface area contributed by atoms with Gasteiger partial charge in [-0.2, -0.15) is 0 Å². The molecule has 0 spiro atoms. The summed E-state index contributed by atoms with van der Waals surface area (Å²) < 4.78 is 22.4. The predicted molar refractivity (Wildman–Crippen MR) is 159 cm³/mol. The van der Waals surface area contributed by atoms with Crippen LogP contribution in [0.1, 0.15) is 74.1 Å². The number of carbonyl (C=O) groups excluding carboxylic acids is 2. The molecule has 3 aromatic rings. The van der Waals surface area contributed by atoms with Crippen molar-refractivity contribution in [2.45, 2.75) is 71.1 Å². The number of aryl methyl sites for hydroxylation is 1. The number of nitrogens with zero attached hydrogens (tertiary/aromatic N) is 1.